The van der Waals surface area contributed by atoms with Crippen LogP contribution in [-0.2, 0) is 29.1 Å². The van der Waals surface area contributed by atoms with Crippen LogP contribution < -0.4 is 0 Å². The Bertz CT molecular complexity index is 261. The average Bonchev–Trinajstić information content (AvgIpc) is 2.00. The highest BCUT2D eigenvalue weighted by atomic mass is 32.8. The van der Waals surface area contributed by atoms with Crippen molar-refractivity contribution in [2.75, 3.05) is 12.4 Å². The lowest BCUT2D eigenvalue weighted by Gasteiger charge is -2.08. The van der Waals surface area contributed by atoms with Crippen molar-refractivity contribution >= 4 is 20.0 Å². The fourth-order valence-electron chi connectivity index (χ4n) is 0.461. The summed E-state index contributed by atoms with van der Waals surface area (Å²) in [5.41, 5.74) is 0. The van der Waals surface area contributed by atoms with Crippen molar-refractivity contribution in [3.63, 3.8) is 0 Å². The van der Waals surface area contributed by atoms with Crippen LogP contribution in [0.4, 0.5) is 0 Å². The van der Waals surface area contributed by atoms with Crippen LogP contribution in [-0.4, -0.2) is 38.1 Å². The van der Waals surface area contributed by atoms with Crippen LogP contribution in [0.2, 0.25) is 0 Å². The van der Waals surface area contributed by atoms with E-state index in [9.17, 15) is 14.3 Å². The van der Waals surface area contributed by atoms with Crippen molar-refractivity contribution in [2.24, 2.45) is 0 Å². The number of aliphatic hydroxyl groups excluding tert-OH is 1. The zero-order valence-electron chi connectivity index (χ0n) is 6.19. The van der Waals surface area contributed by atoms with E-state index in [1.54, 1.807) is 0 Å². The molecule has 0 aliphatic heterocycles. The summed E-state index contributed by atoms with van der Waals surface area (Å²) in [4.78, 5) is 13.4. The molecule has 13 heavy (non-hydrogen) atoms. The summed E-state index contributed by atoms with van der Waals surface area (Å²) < 4.78 is 14.1. The minimum absolute atomic E-state index is 0.618. The molecule has 0 aliphatic carbocycles. The molecule has 8 nitrogen and oxygen atoms in total. The number of hydrogen-bond donors (Lipinski definition) is 2. The van der Waals surface area contributed by atoms with Crippen LogP contribution in [0.15, 0.2) is 0 Å². The monoisotopic (exact) mass is 233 g/mol. The maximum atomic E-state index is 10.8. The Morgan fingerprint density at radius 3 is 2.62 bits per heavy atom. The fourth-order valence-corrected chi connectivity index (χ4v) is 1.56. The normalized spacial score (nSPS) is 17.4. The summed E-state index contributed by atoms with van der Waals surface area (Å²) in [5.74, 6) is -0.618. The average molecular weight is 233 g/mol. The largest absolute Gasteiger partial charge is 0.390 e. The lowest BCUT2D eigenvalue weighted by atomic mass is 10.4. The second-order valence-electron chi connectivity index (χ2n) is 1.97. The summed E-state index contributed by atoms with van der Waals surface area (Å²) in [6, 6.07) is 0. The molecular formula is C3H7NO7S2. The Labute approximate surface area is 78.0 Å². The standard InChI is InChI=1S/C3H7NO7S2/c5-3(1-10-4(6)7)2-13(9,12)11-8/h3,5,8H,1-2H2. The molecule has 2 atom stereocenters. The third-order valence-electron chi connectivity index (χ3n) is 0.882. The summed E-state index contributed by atoms with van der Waals surface area (Å²) in [6.07, 6.45) is -1.43. The van der Waals surface area contributed by atoms with Crippen LogP contribution in [0.3, 0.4) is 0 Å². The molecule has 0 amide bonds. The van der Waals surface area contributed by atoms with Crippen molar-refractivity contribution in [3.05, 3.63) is 10.1 Å². The van der Waals surface area contributed by atoms with Crippen LogP contribution in [0, 0.1) is 10.1 Å². The predicted molar refractivity (Wildman–Crippen MR) is 43.0 cm³/mol. The van der Waals surface area contributed by atoms with Gasteiger partial charge in [0.15, 0.2) is 8.77 Å². The van der Waals surface area contributed by atoms with E-state index in [4.69, 9.17) is 10.4 Å². The van der Waals surface area contributed by atoms with E-state index in [0.717, 1.165) is 0 Å². The van der Waals surface area contributed by atoms with Gasteiger partial charge in [-0.2, -0.15) is 0 Å². The molecular weight excluding hydrogens is 226 g/mol. The molecule has 0 aromatic rings. The molecule has 0 fully saturated rings. The van der Waals surface area contributed by atoms with Gasteiger partial charge in [-0.1, -0.05) is 0 Å². The van der Waals surface area contributed by atoms with Gasteiger partial charge in [0.05, 0.1) is 11.9 Å². The Morgan fingerprint density at radius 2 is 2.23 bits per heavy atom. The molecule has 78 valence electrons. The van der Waals surface area contributed by atoms with Gasteiger partial charge in [0.1, 0.15) is 6.61 Å². The zero-order valence-corrected chi connectivity index (χ0v) is 7.82. The molecule has 0 aromatic carbocycles. The lowest BCUT2D eigenvalue weighted by molar-refractivity contribution is -0.759. The maximum absolute atomic E-state index is 10.8. The highest BCUT2D eigenvalue weighted by Gasteiger charge is 2.15. The van der Waals surface area contributed by atoms with E-state index < -0.39 is 32.3 Å². The van der Waals surface area contributed by atoms with Crippen molar-refractivity contribution in [3.8, 4) is 0 Å². The molecule has 10 heteroatoms. The summed E-state index contributed by atoms with van der Waals surface area (Å²) in [5, 5.41) is 25.4. The highest BCUT2D eigenvalue weighted by Crippen LogP contribution is 1.96. The number of aliphatic hydroxyl groups is 1. The van der Waals surface area contributed by atoms with Gasteiger partial charge in [0.2, 0.25) is 0 Å². The van der Waals surface area contributed by atoms with Gasteiger partial charge >= 0.3 is 0 Å². The molecule has 0 saturated carbocycles. The Kier molecular flexibility index (Phi) is 5.02. The number of hydrogen-bond acceptors (Lipinski definition) is 8. The van der Waals surface area contributed by atoms with Gasteiger partial charge in [-0.3, -0.25) is 0 Å². The second-order valence-corrected chi connectivity index (χ2v) is 5.09. The molecule has 0 bridgehead atoms. The van der Waals surface area contributed by atoms with Crippen molar-refractivity contribution in [2.45, 2.75) is 6.10 Å². The number of nitrogens with zero attached hydrogens (tertiary/aromatic N) is 1. The topological polar surface area (TPSA) is 119 Å². The zero-order chi connectivity index (χ0) is 10.5. The lowest BCUT2D eigenvalue weighted by Crippen LogP contribution is -2.26. The Hall–Kier alpha value is -0.550. The van der Waals surface area contributed by atoms with Gasteiger partial charge in [0.25, 0.3) is 5.09 Å². The summed E-state index contributed by atoms with van der Waals surface area (Å²) in [6.45, 7) is -0.677. The predicted octanol–water partition coefficient (Wildman–Crippen LogP) is -1.29. The van der Waals surface area contributed by atoms with E-state index in [0.29, 0.717) is 0 Å². The number of rotatable bonds is 6. The first-order valence-corrected chi connectivity index (χ1v) is 5.46. The molecule has 2 N–H and O–H groups in total. The Morgan fingerprint density at radius 1 is 1.69 bits per heavy atom. The third kappa shape index (κ3) is 6.60. The molecule has 0 aromatic heterocycles. The van der Waals surface area contributed by atoms with Gasteiger partial charge in [-0.15, -0.1) is 14.4 Å². The highest BCUT2D eigenvalue weighted by molar-refractivity contribution is 8.30. The SMILES string of the molecule is O=[N+]([O-])OCC(O)CS(=O)(=S)OO. The quantitative estimate of drug-likeness (QED) is 0.330. The van der Waals surface area contributed by atoms with Crippen molar-refractivity contribution in [1.29, 1.82) is 0 Å². The van der Waals surface area contributed by atoms with Crippen molar-refractivity contribution < 1.29 is 28.8 Å². The van der Waals surface area contributed by atoms with Gasteiger partial charge in [-0.05, 0) is 0 Å². The summed E-state index contributed by atoms with van der Waals surface area (Å²) in [7, 11) is -3.43. The molecule has 0 aliphatic rings. The molecule has 2 unspecified atom stereocenters. The van der Waals surface area contributed by atoms with Crippen LogP contribution in [0.5, 0.6) is 0 Å². The van der Waals surface area contributed by atoms with E-state index in [-0.39, 0.29) is 0 Å². The minimum atomic E-state index is -3.43. The van der Waals surface area contributed by atoms with Crippen LogP contribution >= 0.6 is 0 Å². The molecule has 0 saturated heterocycles. The first-order valence-electron chi connectivity index (χ1n) is 2.88. The first kappa shape index (κ1) is 12.4. The van der Waals surface area contributed by atoms with Gasteiger partial charge in [0, 0.05) is 11.2 Å². The van der Waals surface area contributed by atoms with Gasteiger partial charge < -0.3 is 9.94 Å². The third-order valence-corrected chi connectivity index (χ3v) is 2.49. The van der Waals surface area contributed by atoms with Crippen molar-refractivity contribution in [1.82, 2.24) is 0 Å². The molecule has 0 spiro atoms. The fraction of sp³-hybridized carbons (Fsp3) is 1.00. The second kappa shape index (κ2) is 5.24. The van der Waals surface area contributed by atoms with Gasteiger partial charge in [-0.25, -0.2) is 9.47 Å². The van der Waals surface area contributed by atoms with Crippen LogP contribution in [0.25, 0.3) is 0 Å². The molecule has 0 heterocycles. The Balaban J connectivity index is 3.88. The minimum Gasteiger partial charge on any atom is -0.390 e. The first-order chi connectivity index (χ1) is 5.87. The molecule has 0 rings (SSSR count). The maximum Gasteiger partial charge on any atom is 0.294 e. The van der Waals surface area contributed by atoms with E-state index >= 15 is 0 Å². The summed E-state index contributed by atoms with van der Waals surface area (Å²) >= 11 is 4.17. The van der Waals surface area contributed by atoms with E-state index in [1.807, 2.05) is 0 Å². The van der Waals surface area contributed by atoms with Crippen LogP contribution in [0.1, 0.15) is 0 Å². The molecule has 0 radical (unpaired) electrons. The van der Waals surface area contributed by atoms with E-state index in [1.165, 1.54) is 0 Å². The van der Waals surface area contributed by atoms with E-state index in [2.05, 4.69) is 20.4 Å². The smallest absolute Gasteiger partial charge is 0.294 e.